The van der Waals surface area contributed by atoms with E-state index in [1.54, 1.807) is 19.1 Å². The van der Waals surface area contributed by atoms with Gasteiger partial charge in [-0.2, -0.15) is 4.99 Å². The number of ether oxygens (including phenoxy) is 1. The second-order valence-corrected chi connectivity index (χ2v) is 8.13. The summed E-state index contributed by atoms with van der Waals surface area (Å²) in [7, 11) is 1.86. The van der Waals surface area contributed by atoms with Gasteiger partial charge in [0.05, 0.1) is 22.4 Å². The monoisotopic (exact) mass is 430 g/mol. The van der Waals surface area contributed by atoms with Crippen molar-refractivity contribution in [2.24, 2.45) is 12.0 Å². The van der Waals surface area contributed by atoms with E-state index in [1.807, 2.05) is 60.1 Å². The Hall–Kier alpha value is -3.51. The molecule has 4 rings (SSSR count). The first-order valence-electron chi connectivity index (χ1n) is 10.0. The lowest BCUT2D eigenvalue weighted by molar-refractivity contribution is 0.0526. The largest absolute Gasteiger partial charge is 0.462 e. The first kappa shape index (κ1) is 20.8. The van der Waals surface area contributed by atoms with Crippen molar-refractivity contribution in [3.8, 4) is 0 Å². The van der Waals surface area contributed by atoms with E-state index in [2.05, 4.69) is 17.1 Å². The lowest BCUT2D eigenvalue weighted by atomic mass is 10.0. The van der Waals surface area contributed by atoms with Crippen LogP contribution in [0.5, 0.6) is 0 Å². The molecule has 0 fully saturated rings. The third-order valence-corrected chi connectivity index (χ3v) is 6.06. The topological polar surface area (TPSA) is 60.7 Å². The van der Waals surface area contributed by atoms with Gasteiger partial charge >= 0.3 is 5.97 Å². The van der Waals surface area contributed by atoms with E-state index < -0.39 is 0 Å². The fourth-order valence-electron chi connectivity index (χ4n) is 3.33. The minimum atomic E-state index is -0.356. The summed E-state index contributed by atoms with van der Waals surface area (Å²) < 4.78 is 7.80. The van der Waals surface area contributed by atoms with Crippen molar-refractivity contribution in [1.82, 2.24) is 4.57 Å². The highest BCUT2D eigenvalue weighted by atomic mass is 32.1. The van der Waals surface area contributed by atoms with Gasteiger partial charge in [0.2, 0.25) is 0 Å². The number of rotatable bonds is 5. The maximum absolute atomic E-state index is 12.7. The van der Waals surface area contributed by atoms with Gasteiger partial charge in [-0.15, -0.1) is 0 Å². The molecule has 0 radical (unpaired) electrons. The first-order chi connectivity index (χ1) is 15.0. The minimum absolute atomic E-state index is 0.293. The molecule has 5 nitrogen and oxygen atoms in total. The smallest absolute Gasteiger partial charge is 0.338 e. The Bertz CT molecular complexity index is 1300. The molecule has 0 aliphatic carbocycles. The molecule has 6 heteroatoms. The number of amides is 1. The second kappa shape index (κ2) is 9.10. The summed E-state index contributed by atoms with van der Waals surface area (Å²) in [6.07, 6.45) is 0.820. The minimum Gasteiger partial charge on any atom is -0.462 e. The number of carbonyl (C=O) groups excluding carboxylic acids is 2. The Morgan fingerprint density at radius 1 is 0.935 bits per heavy atom. The molecule has 0 spiro atoms. The summed E-state index contributed by atoms with van der Waals surface area (Å²) in [4.78, 5) is 29.6. The van der Waals surface area contributed by atoms with E-state index in [0.29, 0.717) is 22.5 Å². The Morgan fingerprint density at radius 2 is 1.61 bits per heavy atom. The number of nitrogens with zero attached hydrogens (tertiary/aromatic N) is 2. The molecule has 0 N–H and O–H groups in total. The zero-order valence-corrected chi connectivity index (χ0v) is 18.2. The number of fused-ring (bicyclic) bond motifs is 1. The maximum atomic E-state index is 12.7. The predicted molar refractivity (Wildman–Crippen MR) is 122 cm³/mol. The van der Waals surface area contributed by atoms with Gasteiger partial charge in [0.1, 0.15) is 0 Å². The SMILES string of the molecule is CCOC(=O)c1ccc2c(c1)sc(=NC(=O)c1ccc(Cc3ccccc3)cc1)n2C. The number of esters is 1. The predicted octanol–water partition coefficient (Wildman–Crippen LogP) is 4.75. The quantitative estimate of drug-likeness (QED) is 0.429. The molecule has 1 aromatic heterocycles. The molecule has 0 aliphatic rings. The van der Waals surface area contributed by atoms with Crippen LogP contribution in [-0.4, -0.2) is 23.1 Å². The molecule has 0 saturated carbocycles. The van der Waals surface area contributed by atoms with Crippen molar-refractivity contribution in [3.05, 3.63) is 99.9 Å². The Labute approximate surface area is 184 Å². The first-order valence-corrected chi connectivity index (χ1v) is 10.9. The lowest BCUT2D eigenvalue weighted by Gasteiger charge is -2.03. The van der Waals surface area contributed by atoms with Gasteiger partial charge in [0.15, 0.2) is 4.80 Å². The van der Waals surface area contributed by atoms with Gasteiger partial charge in [0, 0.05) is 12.6 Å². The van der Waals surface area contributed by atoms with E-state index in [1.165, 1.54) is 16.9 Å². The molecule has 0 aliphatic heterocycles. The van der Waals surface area contributed by atoms with E-state index >= 15 is 0 Å². The van der Waals surface area contributed by atoms with Crippen LogP contribution in [0, 0.1) is 0 Å². The molecule has 31 heavy (non-hydrogen) atoms. The number of hydrogen-bond donors (Lipinski definition) is 0. The van der Waals surface area contributed by atoms with Crippen LogP contribution in [-0.2, 0) is 18.2 Å². The summed E-state index contributed by atoms with van der Waals surface area (Å²) >= 11 is 1.37. The number of carbonyl (C=O) groups is 2. The van der Waals surface area contributed by atoms with Crippen molar-refractivity contribution >= 4 is 33.4 Å². The maximum Gasteiger partial charge on any atom is 0.338 e. The third-order valence-electron chi connectivity index (χ3n) is 4.97. The second-order valence-electron chi connectivity index (χ2n) is 7.12. The van der Waals surface area contributed by atoms with Crippen molar-refractivity contribution in [3.63, 3.8) is 0 Å². The van der Waals surface area contributed by atoms with Crippen LogP contribution < -0.4 is 4.80 Å². The highest BCUT2D eigenvalue weighted by molar-refractivity contribution is 7.16. The van der Waals surface area contributed by atoms with E-state index in [0.717, 1.165) is 22.2 Å². The van der Waals surface area contributed by atoms with Crippen molar-refractivity contribution in [2.75, 3.05) is 6.61 Å². The Morgan fingerprint density at radius 3 is 2.32 bits per heavy atom. The zero-order chi connectivity index (χ0) is 21.8. The van der Waals surface area contributed by atoms with Crippen LogP contribution in [0.3, 0.4) is 0 Å². The van der Waals surface area contributed by atoms with Crippen LogP contribution in [0.4, 0.5) is 0 Å². The summed E-state index contributed by atoms with van der Waals surface area (Å²) in [5.41, 5.74) is 4.31. The average molecular weight is 431 g/mol. The average Bonchev–Trinajstić information content (AvgIpc) is 3.09. The van der Waals surface area contributed by atoms with Gasteiger partial charge in [-0.1, -0.05) is 53.8 Å². The third kappa shape index (κ3) is 4.64. The number of benzene rings is 3. The van der Waals surface area contributed by atoms with Crippen molar-refractivity contribution < 1.29 is 14.3 Å². The molecule has 0 unspecified atom stereocenters. The number of thiazole rings is 1. The molecule has 3 aromatic carbocycles. The molecule has 0 saturated heterocycles. The van der Waals surface area contributed by atoms with Gasteiger partial charge in [0.25, 0.3) is 5.91 Å². The van der Waals surface area contributed by atoms with E-state index in [4.69, 9.17) is 4.74 Å². The van der Waals surface area contributed by atoms with Crippen molar-refractivity contribution in [2.45, 2.75) is 13.3 Å². The number of hydrogen-bond acceptors (Lipinski definition) is 4. The summed E-state index contributed by atoms with van der Waals surface area (Å²) in [6.45, 7) is 2.10. The number of aryl methyl sites for hydroxylation is 1. The van der Waals surface area contributed by atoms with Crippen LogP contribution in [0.25, 0.3) is 10.2 Å². The Balaban J connectivity index is 1.58. The normalized spacial score (nSPS) is 11.6. The molecule has 0 bridgehead atoms. The summed E-state index contributed by atoms with van der Waals surface area (Å²) in [6, 6.07) is 23.1. The molecular formula is C25H22N2O3S. The van der Waals surface area contributed by atoms with Crippen LogP contribution >= 0.6 is 11.3 Å². The van der Waals surface area contributed by atoms with Crippen molar-refractivity contribution in [1.29, 1.82) is 0 Å². The number of aromatic nitrogens is 1. The van der Waals surface area contributed by atoms with Gasteiger partial charge in [-0.05, 0) is 54.8 Å². The highest BCUT2D eigenvalue weighted by Crippen LogP contribution is 2.19. The zero-order valence-electron chi connectivity index (χ0n) is 17.4. The van der Waals surface area contributed by atoms with Gasteiger partial charge in [-0.3, -0.25) is 4.79 Å². The Kier molecular flexibility index (Phi) is 6.09. The van der Waals surface area contributed by atoms with E-state index in [9.17, 15) is 9.59 Å². The molecular weight excluding hydrogens is 408 g/mol. The van der Waals surface area contributed by atoms with Crippen LogP contribution in [0.15, 0.2) is 77.8 Å². The van der Waals surface area contributed by atoms with E-state index in [-0.39, 0.29) is 11.9 Å². The standard InChI is InChI=1S/C25H22N2O3S/c1-3-30-24(29)20-13-14-21-22(16-20)31-25(27(21)2)26-23(28)19-11-9-18(10-12-19)15-17-7-5-4-6-8-17/h4-14,16H,3,15H2,1-2H3. The van der Waals surface area contributed by atoms with Gasteiger partial charge in [-0.25, -0.2) is 4.79 Å². The lowest BCUT2D eigenvalue weighted by Crippen LogP contribution is -2.13. The fourth-order valence-corrected chi connectivity index (χ4v) is 4.39. The highest BCUT2D eigenvalue weighted by Gasteiger charge is 2.11. The summed E-state index contributed by atoms with van der Waals surface area (Å²) in [5, 5.41) is 0. The molecule has 156 valence electrons. The molecule has 1 amide bonds. The molecule has 4 aromatic rings. The van der Waals surface area contributed by atoms with Gasteiger partial charge < -0.3 is 9.30 Å². The fraction of sp³-hybridized carbons (Fsp3) is 0.160. The van der Waals surface area contributed by atoms with Crippen LogP contribution in [0.2, 0.25) is 0 Å². The summed E-state index contributed by atoms with van der Waals surface area (Å²) in [5.74, 6) is -0.648. The molecule has 1 heterocycles. The molecule has 0 atom stereocenters. The van der Waals surface area contributed by atoms with Crippen LogP contribution in [0.1, 0.15) is 38.8 Å².